The van der Waals surface area contributed by atoms with Gasteiger partial charge in [-0.15, -0.1) is 0 Å². The minimum absolute atomic E-state index is 0.757. The molecule has 0 atom stereocenters. The van der Waals surface area contributed by atoms with E-state index in [2.05, 4.69) is 18.9 Å². The SMILES string of the molecule is CC(C)CC/C=N/N. The average Bonchev–Trinajstić information content (AvgIpc) is 1.66. The lowest BCUT2D eigenvalue weighted by Crippen LogP contribution is -1.88. The summed E-state index contributed by atoms with van der Waals surface area (Å²) < 4.78 is 0. The van der Waals surface area contributed by atoms with Crippen molar-refractivity contribution >= 4 is 6.21 Å². The molecular weight excluding hydrogens is 100 g/mol. The van der Waals surface area contributed by atoms with Gasteiger partial charge in [0.15, 0.2) is 0 Å². The summed E-state index contributed by atoms with van der Waals surface area (Å²) in [4.78, 5) is 0. The molecule has 2 heteroatoms. The number of hydrogen-bond donors (Lipinski definition) is 1. The largest absolute Gasteiger partial charge is 0.324 e. The van der Waals surface area contributed by atoms with Gasteiger partial charge in [-0.05, 0) is 18.8 Å². The van der Waals surface area contributed by atoms with E-state index >= 15 is 0 Å². The Labute approximate surface area is 50.8 Å². The maximum absolute atomic E-state index is 4.88. The molecule has 0 aromatic carbocycles. The molecule has 0 rings (SSSR count). The van der Waals surface area contributed by atoms with Crippen LogP contribution in [0.5, 0.6) is 0 Å². The number of hydrazone groups is 1. The maximum Gasteiger partial charge on any atom is 0.0240 e. The Morgan fingerprint density at radius 2 is 2.25 bits per heavy atom. The summed E-state index contributed by atoms with van der Waals surface area (Å²) in [7, 11) is 0. The van der Waals surface area contributed by atoms with Crippen LogP contribution in [0.15, 0.2) is 5.10 Å². The van der Waals surface area contributed by atoms with Crippen LogP contribution in [-0.2, 0) is 0 Å². The standard InChI is InChI=1S/C6H14N2/c1-6(2)4-3-5-8-7/h5-6H,3-4,7H2,1-2H3/b8-5+. The van der Waals surface area contributed by atoms with E-state index < -0.39 is 0 Å². The van der Waals surface area contributed by atoms with Gasteiger partial charge in [-0.1, -0.05) is 13.8 Å². The Hall–Kier alpha value is -0.530. The molecule has 0 saturated heterocycles. The lowest BCUT2D eigenvalue weighted by molar-refractivity contribution is 0.606. The van der Waals surface area contributed by atoms with Gasteiger partial charge in [0.1, 0.15) is 0 Å². The Kier molecular flexibility index (Phi) is 4.32. The molecule has 0 saturated carbocycles. The van der Waals surface area contributed by atoms with Crippen LogP contribution in [0.3, 0.4) is 0 Å². The van der Waals surface area contributed by atoms with Crippen LogP contribution in [0.1, 0.15) is 26.7 Å². The highest BCUT2D eigenvalue weighted by molar-refractivity contribution is 5.56. The first-order valence-electron chi connectivity index (χ1n) is 2.99. The zero-order chi connectivity index (χ0) is 6.41. The molecule has 0 aromatic rings. The van der Waals surface area contributed by atoms with Crippen LogP contribution >= 0.6 is 0 Å². The van der Waals surface area contributed by atoms with Gasteiger partial charge in [0.2, 0.25) is 0 Å². The van der Waals surface area contributed by atoms with Gasteiger partial charge in [0.25, 0.3) is 0 Å². The summed E-state index contributed by atoms with van der Waals surface area (Å²) in [5.74, 6) is 5.64. The van der Waals surface area contributed by atoms with E-state index in [1.807, 2.05) is 0 Å². The van der Waals surface area contributed by atoms with E-state index in [9.17, 15) is 0 Å². The van der Waals surface area contributed by atoms with E-state index in [1.165, 1.54) is 6.42 Å². The third-order valence-electron chi connectivity index (χ3n) is 0.979. The van der Waals surface area contributed by atoms with Crippen molar-refractivity contribution in [2.45, 2.75) is 26.7 Å². The second-order valence-corrected chi connectivity index (χ2v) is 2.30. The Morgan fingerprint density at radius 3 is 2.62 bits per heavy atom. The number of nitrogens with zero attached hydrogens (tertiary/aromatic N) is 1. The van der Waals surface area contributed by atoms with Gasteiger partial charge >= 0.3 is 0 Å². The van der Waals surface area contributed by atoms with Crippen molar-refractivity contribution < 1.29 is 0 Å². The smallest absolute Gasteiger partial charge is 0.0240 e. The van der Waals surface area contributed by atoms with E-state index in [4.69, 9.17) is 5.84 Å². The van der Waals surface area contributed by atoms with Crippen LogP contribution in [0.4, 0.5) is 0 Å². The summed E-state index contributed by atoms with van der Waals surface area (Å²) in [5.41, 5.74) is 0. The van der Waals surface area contributed by atoms with Gasteiger partial charge in [-0.3, -0.25) is 0 Å². The first-order chi connectivity index (χ1) is 3.77. The Morgan fingerprint density at radius 1 is 1.62 bits per heavy atom. The minimum atomic E-state index is 0.757. The van der Waals surface area contributed by atoms with Crippen molar-refractivity contribution in [1.29, 1.82) is 0 Å². The molecule has 0 unspecified atom stereocenters. The summed E-state index contributed by atoms with van der Waals surface area (Å²) in [6.07, 6.45) is 3.94. The normalized spacial score (nSPS) is 11.4. The molecule has 0 aliphatic rings. The molecule has 0 spiro atoms. The van der Waals surface area contributed by atoms with Crippen LogP contribution < -0.4 is 5.84 Å². The molecule has 0 aliphatic carbocycles. The fraction of sp³-hybridized carbons (Fsp3) is 0.833. The summed E-state index contributed by atoms with van der Waals surface area (Å²) in [5, 5.41) is 3.38. The highest BCUT2D eigenvalue weighted by Gasteiger charge is 1.88. The van der Waals surface area contributed by atoms with Gasteiger partial charge in [0.05, 0.1) is 0 Å². The van der Waals surface area contributed by atoms with Crippen LogP contribution in [0.25, 0.3) is 0 Å². The maximum atomic E-state index is 4.88. The molecule has 2 N–H and O–H groups in total. The molecule has 0 aliphatic heterocycles. The van der Waals surface area contributed by atoms with Crippen molar-refractivity contribution in [2.75, 3.05) is 0 Å². The van der Waals surface area contributed by atoms with Crippen molar-refractivity contribution in [2.24, 2.45) is 16.9 Å². The highest BCUT2D eigenvalue weighted by atomic mass is 15.1. The number of rotatable bonds is 3. The van der Waals surface area contributed by atoms with Crippen LogP contribution in [-0.4, -0.2) is 6.21 Å². The predicted molar refractivity (Wildman–Crippen MR) is 36.8 cm³/mol. The summed E-state index contributed by atoms with van der Waals surface area (Å²) in [6.45, 7) is 4.37. The highest BCUT2D eigenvalue weighted by Crippen LogP contribution is 2.00. The van der Waals surface area contributed by atoms with Gasteiger partial charge in [-0.25, -0.2) is 0 Å². The first kappa shape index (κ1) is 7.47. The zero-order valence-electron chi connectivity index (χ0n) is 5.59. The van der Waals surface area contributed by atoms with E-state index in [1.54, 1.807) is 6.21 Å². The molecule has 0 bridgehead atoms. The molecule has 2 nitrogen and oxygen atoms in total. The van der Waals surface area contributed by atoms with E-state index in [0.29, 0.717) is 0 Å². The molecule has 0 fully saturated rings. The molecular formula is C6H14N2. The van der Waals surface area contributed by atoms with Crippen LogP contribution in [0, 0.1) is 5.92 Å². The topological polar surface area (TPSA) is 38.4 Å². The van der Waals surface area contributed by atoms with Crippen LogP contribution in [0.2, 0.25) is 0 Å². The third kappa shape index (κ3) is 5.47. The Bertz CT molecular complexity index is 66.9. The number of nitrogens with two attached hydrogens (primary N) is 1. The summed E-state index contributed by atoms with van der Waals surface area (Å²) >= 11 is 0. The second kappa shape index (κ2) is 4.62. The predicted octanol–water partition coefficient (Wildman–Crippen LogP) is 1.37. The fourth-order valence-corrected chi connectivity index (χ4v) is 0.482. The molecule has 0 radical (unpaired) electrons. The van der Waals surface area contributed by atoms with Gasteiger partial charge < -0.3 is 5.84 Å². The lowest BCUT2D eigenvalue weighted by atomic mass is 10.1. The average molecular weight is 114 g/mol. The zero-order valence-corrected chi connectivity index (χ0v) is 5.59. The lowest BCUT2D eigenvalue weighted by Gasteiger charge is -1.96. The molecule has 0 amide bonds. The van der Waals surface area contributed by atoms with E-state index in [-0.39, 0.29) is 0 Å². The molecule has 0 aromatic heterocycles. The van der Waals surface area contributed by atoms with Crippen molar-refractivity contribution in [1.82, 2.24) is 0 Å². The van der Waals surface area contributed by atoms with Gasteiger partial charge in [0, 0.05) is 6.21 Å². The van der Waals surface area contributed by atoms with E-state index in [0.717, 1.165) is 12.3 Å². The van der Waals surface area contributed by atoms with Crippen molar-refractivity contribution in [3.05, 3.63) is 0 Å². The Balaban J connectivity index is 2.93. The summed E-state index contributed by atoms with van der Waals surface area (Å²) in [6, 6.07) is 0. The third-order valence-corrected chi connectivity index (χ3v) is 0.979. The van der Waals surface area contributed by atoms with Crippen molar-refractivity contribution in [3.8, 4) is 0 Å². The fourth-order valence-electron chi connectivity index (χ4n) is 0.482. The first-order valence-corrected chi connectivity index (χ1v) is 2.99. The molecule has 48 valence electrons. The quantitative estimate of drug-likeness (QED) is 0.336. The minimum Gasteiger partial charge on any atom is -0.324 e. The van der Waals surface area contributed by atoms with Crippen molar-refractivity contribution in [3.63, 3.8) is 0 Å². The number of hydrogen-bond acceptors (Lipinski definition) is 2. The molecule has 8 heavy (non-hydrogen) atoms. The molecule has 0 heterocycles. The van der Waals surface area contributed by atoms with Gasteiger partial charge in [-0.2, -0.15) is 5.10 Å². The monoisotopic (exact) mass is 114 g/mol. The second-order valence-electron chi connectivity index (χ2n) is 2.30.